The lowest BCUT2D eigenvalue weighted by atomic mass is 9.78. The van der Waals surface area contributed by atoms with Crippen molar-refractivity contribution in [3.63, 3.8) is 0 Å². The summed E-state index contributed by atoms with van der Waals surface area (Å²) in [5.41, 5.74) is 12.2. The number of primary amides is 2. The molecule has 8 heteroatoms. The number of carbonyl (C=O) groups excluding carboxylic acids is 2. The number of fused-ring (bicyclic) bond motifs is 1. The van der Waals surface area contributed by atoms with E-state index in [9.17, 15) is 4.79 Å². The molecule has 8 nitrogen and oxygen atoms in total. The Morgan fingerprint density at radius 1 is 1.50 bits per heavy atom. The summed E-state index contributed by atoms with van der Waals surface area (Å²) in [6.07, 6.45) is 2.77. The van der Waals surface area contributed by atoms with Crippen molar-refractivity contribution in [2.24, 2.45) is 11.5 Å². The first kappa shape index (κ1) is 18.2. The molecule has 5 N–H and O–H groups in total. The summed E-state index contributed by atoms with van der Waals surface area (Å²) in [6, 6.07) is 1.99. The SMILES string of the molecule is Cc1cc2c(cn1)NCC2(CCN1CCOCC1)C(N)=O.NC=O. The predicted molar refractivity (Wildman–Crippen MR) is 90.5 cm³/mol. The number of anilines is 1. The van der Waals surface area contributed by atoms with E-state index in [1.165, 1.54) is 0 Å². The molecule has 1 fully saturated rings. The lowest BCUT2D eigenvalue weighted by Crippen LogP contribution is -2.47. The van der Waals surface area contributed by atoms with Gasteiger partial charge < -0.3 is 21.5 Å². The van der Waals surface area contributed by atoms with Gasteiger partial charge in [-0.3, -0.25) is 19.5 Å². The van der Waals surface area contributed by atoms with Crippen LogP contribution >= 0.6 is 0 Å². The third-order valence-electron chi connectivity index (χ3n) is 4.57. The molecule has 1 aromatic heterocycles. The number of amides is 2. The van der Waals surface area contributed by atoms with Crippen molar-refractivity contribution in [1.82, 2.24) is 9.88 Å². The van der Waals surface area contributed by atoms with E-state index < -0.39 is 5.41 Å². The fourth-order valence-corrected chi connectivity index (χ4v) is 3.18. The van der Waals surface area contributed by atoms with Gasteiger partial charge in [0.1, 0.15) is 0 Å². The lowest BCUT2D eigenvalue weighted by Gasteiger charge is -2.31. The molecule has 0 spiro atoms. The molecule has 132 valence electrons. The van der Waals surface area contributed by atoms with Crippen LogP contribution in [-0.4, -0.2) is 61.6 Å². The second-order valence-electron chi connectivity index (χ2n) is 6.01. The van der Waals surface area contributed by atoms with Gasteiger partial charge in [0.15, 0.2) is 0 Å². The Hall–Kier alpha value is -2.19. The highest BCUT2D eigenvalue weighted by molar-refractivity contribution is 5.91. The van der Waals surface area contributed by atoms with Crippen LogP contribution in [0.3, 0.4) is 0 Å². The van der Waals surface area contributed by atoms with Gasteiger partial charge in [-0.1, -0.05) is 0 Å². The highest BCUT2D eigenvalue weighted by Crippen LogP contribution is 2.39. The van der Waals surface area contributed by atoms with Gasteiger partial charge in [0.2, 0.25) is 12.3 Å². The van der Waals surface area contributed by atoms with Gasteiger partial charge in [-0.15, -0.1) is 0 Å². The van der Waals surface area contributed by atoms with Crippen LogP contribution in [0.2, 0.25) is 0 Å². The zero-order valence-electron chi connectivity index (χ0n) is 14.0. The molecule has 1 aromatic rings. The van der Waals surface area contributed by atoms with Crippen LogP contribution in [0.5, 0.6) is 0 Å². The van der Waals surface area contributed by atoms with Crippen LogP contribution < -0.4 is 16.8 Å². The largest absolute Gasteiger partial charge is 0.382 e. The number of aryl methyl sites for hydroxylation is 1. The molecule has 2 aliphatic heterocycles. The first-order chi connectivity index (χ1) is 11.5. The summed E-state index contributed by atoms with van der Waals surface area (Å²) in [6.45, 7) is 6.73. The van der Waals surface area contributed by atoms with Gasteiger partial charge >= 0.3 is 0 Å². The zero-order valence-corrected chi connectivity index (χ0v) is 14.0. The molecule has 0 bridgehead atoms. The van der Waals surface area contributed by atoms with Gasteiger partial charge in [-0.05, 0) is 31.5 Å². The molecule has 3 rings (SSSR count). The minimum absolute atomic E-state index is 0.250. The number of hydrogen-bond acceptors (Lipinski definition) is 6. The van der Waals surface area contributed by atoms with E-state index in [0.29, 0.717) is 6.54 Å². The van der Waals surface area contributed by atoms with Crippen molar-refractivity contribution in [3.05, 3.63) is 23.5 Å². The summed E-state index contributed by atoms with van der Waals surface area (Å²) in [5.74, 6) is -0.257. The van der Waals surface area contributed by atoms with E-state index >= 15 is 0 Å². The number of aromatic nitrogens is 1. The molecule has 2 aliphatic rings. The number of hydrogen-bond donors (Lipinski definition) is 3. The fourth-order valence-electron chi connectivity index (χ4n) is 3.18. The second-order valence-corrected chi connectivity index (χ2v) is 6.01. The van der Waals surface area contributed by atoms with Crippen molar-refractivity contribution in [1.29, 1.82) is 0 Å². The summed E-state index contributed by atoms with van der Waals surface area (Å²) in [5, 5.41) is 3.28. The Balaban J connectivity index is 0.000000647. The molecule has 0 saturated carbocycles. The average molecular weight is 335 g/mol. The Labute approximate surface area is 141 Å². The topological polar surface area (TPSA) is 124 Å². The molecule has 24 heavy (non-hydrogen) atoms. The van der Waals surface area contributed by atoms with Gasteiger partial charge in [0.05, 0.1) is 30.5 Å². The Morgan fingerprint density at radius 3 is 2.79 bits per heavy atom. The van der Waals surface area contributed by atoms with Crippen LogP contribution in [0.15, 0.2) is 12.3 Å². The molecular weight excluding hydrogens is 310 g/mol. The van der Waals surface area contributed by atoms with E-state index in [1.807, 2.05) is 13.0 Å². The first-order valence-corrected chi connectivity index (χ1v) is 8.00. The number of nitrogens with one attached hydrogen (secondary N) is 1. The van der Waals surface area contributed by atoms with Crippen LogP contribution in [-0.2, 0) is 19.7 Å². The van der Waals surface area contributed by atoms with Crippen molar-refractivity contribution < 1.29 is 14.3 Å². The summed E-state index contributed by atoms with van der Waals surface area (Å²) in [4.78, 5) is 27.4. The van der Waals surface area contributed by atoms with E-state index in [4.69, 9.17) is 15.3 Å². The number of rotatable bonds is 4. The first-order valence-electron chi connectivity index (χ1n) is 8.00. The van der Waals surface area contributed by atoms with Crippen molar-refractivity contribution in [2.75, 3.05) is 44.7 Å². The van der Waals surface area contributed by atoms with Gasteiger partial charge in [0.25, 0.3) is 0 Å². The van der Waals surface area contributed by atoms with Crippen LogP contribution in [0.4, 0.5) is 5.69 Å². The maximum Gasteiger partial charge on any atom is 0.230 e. The number of pyridine rings is 1. The standard InChI is InChI=1S/C15H22N4O2.CH3NO/c1-11-8-12-13(9-17-11)18-10-15(12,14(16)20)2-3-19-4-6-21-7-5-19;2-1-3/h8-9,18H,2-7,10H2,1H3,(H2,16,20);1H,(H2,2,3). The highest BCUT2D eigenvalue weighted by Gasteiger charge is 2.44. The van der Waals surface area contributed by atoms with Crippen molar-refractivity contribution >= 4 is 18.0 Å². The number of ether oxygens (including phenoxy) is 1. The van der Waals surface area contributed by atoms with Crippen LogP contribution in [0.1, 0.15) is 17.7 Å². The fraction of sp³-hybridized carbons (Fsp3) is 0.562. The second kappa shape index (κ2) is 8.07. The third-order valence-corrected chi connectivity index (χ3v) is 4.57. The molecule has 2 amide bonds. The summed E-state index contributed by atoms with van der Waals surface area (Å²) >= 11 is 0. The van der Waals surface area contributed by atoms with Crippen LogP contribution in [0.25, 0.3) is 0 Å². The molecule has 0 aromatic carbocycles. The third kappa shape index (κ3) is 3.82. The van der Waals surface area contributed by atoms with Crippen molar-refractivity contribution in [3.8, 4) is 0 Å². The molecular formula is C16H25N5O3. The Kier molecular flexibility index (Phi) is 6.10. The molecule has 3 heterocycles. The Morgan fingerprint density at radius 2 is 2.17 bits per heavy atom. The summed E-state index contributed by atoms with van der Waals surface area (Å²) in [7, 11) is 0. The normalized spacial score (nSPS) is 22.7. The maximum absolute atomic E-state index is 12.2. The lowest BCUT2D eigenvalue weighted by molar-refractivity contribution is -0.123. The zero-order chi connectivity index (χ0) is 17.6. The Bertz CT molecular complexity index is 589. The van der Waals surface area contributed by atoms with Crippen molar-refractivity contribution in [2.45, 2.75) is 18.8 Å². The molecule has 1 saturated heterocycles. The number of morpholine rings is 1. The highest BCUT2D eigenvalue weighted by atomic mass is 16.5. The van der Waals surface area contributed by atoms with E-state index in [2.05, 4.69) is 20.9 Å². The van der Waals surface area contributed by atoms with E-state index in [-0.39, 0.29) is 12.3 Å². The smallest absolute Gasteiger partial charge is 0.230 e. The van der Waals surface area contributed by atoms with E-state index in [0.717, 1.165) is 56.2 Å². The number of carbonyl (C=O) groups is 2. The van der Waals surface area contributed by atoms with Crippen LogP contribution in [0, 0.1) is 6.92 Å². The predicted octanol–water partition coefficient (Wildman–Crippen LogP) is -0.638. The van der Waals surface area contributed by atoms with Gasteiger partial charge in [-0.2, -0.15) is 0 Å². The molecule has 1 unspecified atom stereocenters. The quantitative estimate of drug-likeness (QED) is 0.629. The van der Waals surface area contributed by atoms with Gasteiger partial charge in [0, 0.05) is 25.3 Å². The minimum atomic E-state index is -0.624. The maximum atomic E-state index is 12.2. The number of nitrogens with two attached hydrogens (primary N) is 2. The van der Waals surface area contributed by atoms with Gasteiger partial charge in [-0.25, -0.2) is 0 Å². The summed E-state index contributed by atoms with van der Waals surface area (Å²) < 4.78 is 5.36. The minimum Gasteiger partial charge on any atom is -0.382 e. The molecule has 1 atom stereocenters. The monoisotopic (exact) mass is 335 g/mol. The average Bonchev–Trinajstić information content (AvgIpc) is 2.94. The number of nitrogens with zero attached hydrogens (tertiary/aromatic N) is 2. The molecule has 0 aliphatic carbocycles. The molecule has 0 radical (unpaired) electrons. The van der Waals surface area contributed by atoms with E-state index in [1.54, 1.807) is 6.20 Å².